The topological polar surface area (TPSA) is 26.3 Å². The molecule has 1 atom stereocenters. The molecule has 0 amide bonds. The van der Waals surface area contributed by atoms with Crippen molar-refractivity contribution < 1.29 is 9.53 Å². The van der Waals surface area contributed by atoms with Crippen molar-refractivity contribution in [1.82, 2.24) is 0 Å². The van der Waals surface area contributed by atoms with Gasteiger partial charge in [-0.2, -0.15) is 0 Å². The monoisotopic (exact) mass is 164 g/mol. The fourth-order valence-electron chi connectivity index (χ4n) is 0.529. The maximum Gasteiger partial charge on any atom is 0.302 e. The Labute approximate surface area is 66.5 Å². The van der Waals surface area contributed by atoms with Crippen LogP contribution in [0.3, 0.4) is 0 Å². The Kier molecular flexibility index (Phi) is 5.40. The van der Waals surface area contributed by atoms with Crippen LogP contribution in [0, 0.1) is 5.92 Å². The van der Waals surface area contributed by atoms with Crippen LogP contribution in [0.15, 0.2) is 0 Å². The number of hydrogen-bond acceptors (Lipinski definition) is 2. The fourth-order valence-corrected chi connectivity index (χ4v) is 0.902. The Morgan fingerprint density at radius 2 is 2.30 bits per heavy atom. The van der Waals surface area contributed by atoms with E-state index in [4.69, 9.17) is 16.3 Å². The van der Waals surface area contributed by atoms with Gasteiger partial charge in [-0.05, 0) is 12.3 Å². The lowest BCUT2D eigenvalue weighted by Crippen LogP contribution is -2.09. The van der Waals surface area contributed by atoms with E-state index in [0.717, 1.165) is 6.42 Å². The highest BCUT2D eigenvalue weighted by molar-refractivity contribution is 6.17. The largest absolute Gasteiger partial charge is 0.466 e. The van der Waals surface area contributed by atoms with Gasteiger partial charge >= 0.3 is 5.97 Å². The number of alkyl halides is 1. The van der Waals surface area contributed by atoms with Gasteiger partial charge in [-0.1, -0.05) is 6.92 Å². The van der Waals surface area contributed by atoms with E-state index >= 15 is 0 Å². The molecule has 0 rings (SSSR count). The molecule has 0 aromatic rings. The number of carbonyl (C=O) groups is 1. The van der Waals surface area contributed by atoms with Crippen LogP contribution in [0.25, 0.3) is 0 Å². The maximum atomic E-state index is 10.3. The van der Waals surface area contributed by atoms with Crippen LogP contribution in [0.4, 0.5) is 0 Å². The van der Waals surface area contributed by atoms with Crippen LogP contribution in [0.1, 0.15) is 20.3 Å². The summed E-state index contributed by atoms with van der Waals surface area (Å²) < 4.78 is 4.76. The SMILES string of the molecule is CC(=O)OCC(C)CCCl. The third-order valence-corrected chi connectivity index (χ3v) is 1.39. The Morgan fingerprint density at radius 1 is 1.70 bits per heavy atom. The quantitative estimate of drug-likeness (QED) is 0.468. The van der Waals surface area contributed by atoms with Crippen LogP contribution < -0.4 is 0 Å². The molecular formula is C7H13ClO2. The van der Waals surface area contributed by atoms with E-state index in [2.05, 4.69) is 0 Å². The number of carbonyl (C=O) groups excluding carboxylic acids is 1. The highest BCUT2D eigenvalue weighted by atomic mass is 35.5. The van der Waals surface area contributed by atoms with E-state index in [-0.39, 0.29) is 5.97 Å². The number of ether oxygens (including phenoxy) is 1. The molecule has 0 aromatic heterocycles. The predicted molar refractivity (Wildman–Crippen MR) is 41.1 cm³/mol. The fraction of sp³-hybridized carbons (Fsp3) is 0.857. The third kappa shape index (κ3) is 5.89. The van der Waals surface area contributed by atoms with Crippen molar-refractivity contribution in [2.45, 2.75) is 20.3 Å². The van der Waals surface area contributed by atoms with Crippen LogP contribution in [-0.4, -0.2) is 18.5 Å². The van der Waals surface area contributed by atoms with E-state index in [1.54, 1.807) is 0 Å². The summed E-state index contributed by atoms with van der Waals surface area (Å²) in [5.74, 6) is 0.783. The highest BCUT2D eigenvalue weighted by Crippen LogP contribution is 2.03. The molecule has 1 unspecified atom stereocenters. The van der Waals surface area contributed by atoms with Crippen LogP contribution in [0.2, 0.25) is 0 Å². The summed E-state index contributed by atoms with van der Waals surface area (Å²) in [6, 6.07) is 0. The summed E-state index contributed by atoms with van der Waals surface area (Å²) in [6.45, 7) is 3.90. The third-order valence-electron chi connectivity index (χ3n) is 1.17. The van der Waals surface area contributed by atoms with Crippen molar-refractivity contribution in [2.75, 3.05) is 12.5 Å². The minimum atomic E-state index is -0.221. The Hall–Kier alpha value is -0.240. The first-order chi connectivity index (χ1) is 4.66. The molecule has 0 aliphatic heterocycles. The van der Waals surface area contributed by atoms with Crippen molar-refractivity contribution in [1.29, 1.82) is 0 Å². The van der Waals surface area contributed by atoms with Gasteiger partial charge in [0.2, 0.25) is 0 Å². The van der Waals surface area contributed by atoms with Crippen molar-refractivity contribution in [3.63, 3.8) is 0 Å². The van der Waals surface area contributed by atoms with Crippen molar-refractivity contribution in [2.24, 2.45) is 5.92 Å². The van der Waals surface area contributed by atoms with Crippen molar-refractivity contribution in [3.05, 3.63) is 0 Å². The standard InChI is InChI=1S/C7H13ClO2/c1-6(3-4-8)5-10-7(2)9/h6H,3-5H2,1-2H3. The average molecular weight is 165 g/mol. The first kappa shape index (κ1) is 9.76. The minimum absolute atomic E-state index is 0.221. The predicted octanol–water partition coefficient (Wildman–Crippen LogP) is 1.81. The second kappa shape index (κ2) is 5.54. The lowest BCUT2D eigenvalue weighted by Gasteiger charge is -2.07. The lowest BCUT2D eigenvalue weighted by molar-refractivity contribution is -0.142. The van der Waals surface area contributed by atoms with E-state index in [0.29, 0.717) is 18.4 Å². The molecule has 0 aliphatic rings. The van der Waals surface area contributed by atoms with E-state index in [1.165, 1.54) is 6.92 Å². The second-order valence-corrected chi connectivity index (χ2v) is 2.76. The smallest absolute Gasteiger partial charge is 0.302 e. The number of hydrogen-bond donors (Lipinski definition) is 0. The molecule has 0 bridgehead atoms. The zero-order chi connectivity index (χ0) is 7.98. The van der Waals surface area contributed by atoms with Crippen LogP contribution in [-0.2, 0) is 9.53 Å². The van der Waals surface area contributed by atoms with E-state index in [1.807, 2.05) is 6.92 Å². The summed E-state index contributed by atoms with van der Waals surface area (Å²) in [4.78, 5) is 10.3. The zero-order valence-electron chi connectivity index (χ0n) is 6.39. The molecule has 60 valence electrons. The summed E-state index contributed by atoms with van der Waals surface area (Å²) >= 11 is 5.47. The molecule has 0 fully saturated rings. The molecule has 10 heavy (non-hydrogen) atoms. The van der Waals surface area contributed by atoms with Crippen LogP contribution >= 0.6 is 11.6 Å². The number of rotatable bonds is 4. The molecule has 0 aromatic carbocycles. The van der Waals surface area contributed by atoms with Gasteiger partial charge in [0.05, 0.1) is 6.61 Å². The summed E-state index contributed by atoms with van der Waals surface area (Å²) in [7, 11) is 0. The van der Waals surface area contributed by atoms with Gasteiger partial charge in [-0.25, -0.2) is 0 Å². The number of esters is 1. The van der Waals surface area contributed by atoms with Gasteiger partial charge in [0.1, 0.15) is 0 Å². The molecule has 0 heterocycles. The summed E-state index contributed by atoms with van der Waals surface area (Å²) in [6.07, 6.45) is 0.898. The number of halogens is 1. The first-order valence-electron chi connectivity index (χ1n) is 3.36. The van der Waals surface area contributed by atoms with Gasteiger partial charge in [-0.3, -0.25) is 4.79 Å². The highest BCUT2D eigenvalue weighted by Gasteiger charge is 2.02. The summed E-state index contributed by atoms with van der Waals surface area (Å²) in [5, 5.41) is 0. The van der Waals surface area contributed by atoms with Gasteiger partial charge in [0.25, 0.3) is 0 Å². The zero-order valence-corrected chi connectivity index (χ0v) is 7.15. The van der Waals surface area contributed by atoms with Gasteiger partial charge < -0.3 is 4.74 Å². The molecule has 0 N–H and O–H groups in total. The first-order valence-corrected chi connectivity index (χ1v) is 3.89. The van der Waals surface area contributed by atoms with Crippen molar-refractivity contribution in [3.8, 4) is 0 Å². The molecule has 2 nitrogen and oxygen atoms in total. The molecule has 0 saturated carbocycles. The molecular weight excluding hydrogens is 152 g/mol. The summed E-state index contributed by atoms with van der Waals surface area (Å²) in [5.41, 5.74) is 0. The maximum absolute atomic E-state index is 10.3. The van der Waals surface area contributed by atoms with Gasteiger partial charge in [0.15, 0.2) is 0 Å². The Morgan fingerprint density at radius 3 is 2.70 bits per heavy atom. The molecule has 0 aliphatic carbocycles. The molecule has 0 saturated heterocycles. The molecule has 3 heteroatoms. The van der Waals surface area contributed by atoms with E-state index in [9.17, 15) is 4.79 Å². The Bertz CT molecular complexity index is 104. The minimum Gasteiger partial charge on any atom is -0.466 e. The second-order valence-electron chi connectivity index (χ2n) is 2.39. The Balaban J connectivity index is 3.21. The van der Waals surface area contributed by atoms with Gasteiger partial charge in [-0.15, -0.1) is 11.6 Å². The van der Waals surface area contributed by atoms with Crippen molar-refractivity contribution >= 4 is 17.6 Å². The lowest BCUT2D eigenvalue weighted by atomic mass is 10.1. The average Bonchev–Trinajstić information content (AvgIpc) is 1.85. The van der Waals surface area contributed by atoms with Crippen LogP contribution in [0.5, 0.6) is 0 Å². The van der Waals surface area contributed by atoms with E-state index < -0.39 is 0 Å². The molecule has 0 spiro atoms. The van der Waals surface area contributed by atoms with Gasteiger partial charge in [0, 0.05) is 12.8 Å². The molecule has 0 radical (unpaired) electrons. The normalized spacial score (nSPS) is 12.7.